The van der Waals surface area contributed by atoms with E-state index in [9.17, 15) is 4.79 Å². The molecule has 0 bridgehead atoms. The molecule has 2 saturated carbocycles. The Kier molecular flexibility index (Phi) is 5.78. The Morgan fingerprint density at radius 2 is 1.67 bits per heavy atom. The first-order valence-corrected chi connectivity index (χ1v) is 7.50. The van der Waals surface area contributed by atoms with Gasteiger partial charge in [0.1, 0.15) is 0 Å². The maximum absolute atomic E-state index is 11.6. The highest BCUT2D eigenvalue weighted by Crippen LogP contribution is 2.20. The summed E-state index contributed by atoms with van der Waals surface area (Å²) >= 11 is 0. The summed E-state index contributed by atoms with van der Waals surface area (Å²) in [5, 5.41) is 5.92. The average Bonchev–Trinajstić information content (AvgIpc) is 2.89. The van der Waals surface area contributed by atoms with Crippen molar-refractivity contribution in [3.8, 4) is 0 Å². The van der Waals surface area contributed by atoms with Gasteiger partial charge in [0.15, 0.2) is 0 Å². The molecule has 0 saturated heterocycles. The SMILES string of the molecule is O=C(NCCOC1CCCC1)NC1CCCCC1. The molecule has 2 amide bonds. The van der Waals surface area contributed by atoms with Gasteiger partial charge in [-0.15, -0.1) is 0 Å². The lowest BCUT2D eigenvalue weighted by Crippen LogP contribution is -2.44. The Morgan fingerprint density at radius 3 is 2.39 bits per heavy atom. The summed E-state index contributed by atoms with van der Waals surface area (Å²) in [7, 11) is 0. The van der Waals surface area contributed by atoms with Gasteiger partial charge in [0.25, 0.3) is 0 Å². The Labute approximate surface area is 110 Å². The molecule has 4 nitrogen and oxygen atoms in total. The lowest BCUT2D eigenvalue weighted by molar-refractivity contribution is 0.0612. The number of rotatable bonds is 5. The standard InChI is InChI=1S/C14H26N2O2/c17-14(16-12-6-2-1-3-7-12)15-10-11-18-13-8-4-5-9-13/h12-13H,1-11H2,(H2,15,16,17). The highest BCUT2D eigenvalue weighted by Gasteiger charge is 2.16. The van der Waals surface area contributed by atoms with E-state index in [0.717, 1.165) is 12.8 Å². The van der Waals surface area contributed by atoms with Crippen molar-refractivity contribution in [1.29, 1.82) is 0 Å². The Morgan fingerprint density at radius 1 is 1.00 bits per heavy atom. The minimum Gasteiger partial charge on any atom is -0.376 e. The number of carbonyl (C=O) groups is 1. The predicted octanol–water partition coefficient (Wildman–Crippen LogP) is 2.58. The van der Waals surface area contributed by atoms with Gasteiger partial charge < -0.3 is 15.4 Å². The Hall–Kier alpha value is -0.770. The summed E-state index contributed by atoms with van der Waals surface area (Å²) in [5.74, 6) is 0. The molecule has 0 aliphatic heterocycles. The van der Waals surface area contributed by atoms with E-state index in [4.69, 9.17) is 4.74 Å². The number of urea groups is 1. The van der Waals surface area contributed by atoms with Crippen molar-refractivity contribution in [1.82, 2.24) is 10.6 Å². The van der Waals surface area contributed by atoms with Crippen molar-refractivity contribution in [2.45, 2.75) is 69.9 Å². The number of nitrogens with one attached hydrogen (secondary N) is 2. The van der Waals surface area contributed by atoms with Gasteiger partial charge in [-0.25, -0.2) is 4.79 Å². The molecule has 0 spiro atoms. The monoisotopic (exact) mass is 254 g/mol. The summed E-state index contributed by atoms with van der Waals surface area (Å²) in [5.41, 5.74) is 0. The first-order valence-electron chi connectivity index (χ1n) is 7.50. The van der Waals surface area contributed by atoms with Gasteiger partial charge in [0.05, 0.1) is 12.7 Å². The molecule has 2 rings (SSSR count). The second-order valence-corrected chi connectivity index (χ2v) is 5.51. The van der Waals surface area contributed by atoms with Gasteiger partial charge in [0.2, 0.25) is 0 Å². The molecule has 4 heteroatoms. The summed E-state index contributed by atoms with van der Waals surface area (Å²) < 4.78 is 5.70. The van der Waals surface area contributed by atoms with Crippen LogP contribution in [0.4, 0.5) is 4.79 Å². The molecular weight excluding hydrogens is 228 g/mol. The molecule has 0 heterocycles. The van der Waals surface area contributed by atoms with Gasteiger partial charge in [-0.05, 0) is 25.7 Å². The van der Waals surface area contributed by atoms with Crippen LogP contribution in [0.2, 0.25) is 0 Å². The van der Waals surface area contributed by atoms with E-state index in [1.165, 1.54) is 44.9 Å². The first-order chi connectivity index (χ1) is 8.84. The topological polar surface area (TPSA) is 50.4 Å². The lowest BCUT2D eigenvalue weighted by Gasteiger charge is -2.23. The predicted molar refractivity (Wildman–Crippen MR) is 71.6 cm³/mol. The normalized spacial score (nSPS) is 22.0. The number of ether oxygens (including phenoxy) is 1. The second-order valence-electron chi connectivity index (χ2n) is 5.51. The maximum Gasteiger partial charge on any atom is 0.315 e. The molecule has 2 aliphatic rings. The fourth-order valence-electron chi connectivity index (χ4n) is 2.93. The van der Waals surface area contributed by atoms with Gasteiger partial charge in [-0.2, -0.15) is 0 Å². The average molecular weight is 254 g/mol. The summed E-state index contributed by atoms with van der Waals surface area (Å²) in [6.45, 7) is 1.26. The molecule has 18 heavy (non-hydrogen) atoms. The van der Waals surface area contributed by atoms with Crippen molar-refractivity contribution in [3.63, 3.8) is 0 Å². The van der Waals surface area contributed by atoms with Crippen molar-refractivity contribution in [3.05, 3.63) is 0 Å². The van der Waals surface area contributed by atoms with Crippen LogP contribution in [-0.2, 0) is 4.74 Å². The number of hydrogen-bond acceptors (Lipinski definition) is 2. The molecule has 0 aromatic heterocycles. The van der Waals surface area contributed by atoms with E-state index in [1.807, 2.05) is 0 Å². The number of amides is 2. The zero-order valence-corrected chi connectivity index (χ0v) is 11.2. The molecule has 2 fully saturated rings. The Bertz CT molecular complexity index is 246. The van der Waals surface area contributed by atoms with Crippen LogP contribution in [-0.4, -0.2) is 31.3 Å². The number of hydrogen-bond donors (Lipinski definition) is 2. The van der Waals surface area contributed by atoms with Crippen molar-refractivity contribution >= 4 is 6.03 Å². The molecule has 0 atom stereocenters. The molecule has 0 aromatic rings. The third kappa shape index (κ3) is 4.84. The van der Waals surface area contributed by atoms with E-state index >= 15 is 0 Å². The lowest BCUT2D eigenvalue weighted by atomic mass is 9.96. The highest BCUT2D eigenvalue weighted by atomic mass is 16.5. The first kappa shape index (κ1) is 13.7. The van der Waals surface area contributed by atoms with Crippen molar-refractivity contribution in [2.75, 3.05) is 13.2 Å². The van der Waals surface area contributed by atoms with Gasteiger partial charge >= 0.3 is 6.03 Å². The fourth-order valence-corrected chi connectivity index (χ4v) is 2.93. The summed E-state index contributed by atoms with van der Waals surface area (Å²) in [6.07, 6.45) is 11.5. The van der Waals surface area contributed by atoms with E-state index in [2.05, 4.69) is 10.6 Å². The van der Waals surface area contributed by atoms with Crippen LogP contribution in [0.5, 0.6) is 0 Å². The van der Waals surface area contributed by atoms with Crippen LogP contribution in [0.15, 0.2) is 0 Å². The Balaban J connectivity index is 1.48. The third-order valence-corrected chi connectivity index (χ3v) is 3.98. The molecule has 0 unspecified atom stereocenters. The second kappa shape index (κ2) is 7.62. The smallest absolute Gasteiger partial charge is 0.315 e. The molecule has 0 radical (unpaired) electrons. The van der Waals surface area contributed by atoms with E-state index in [-0.39, 0.29) is 6.03 Å². The largest absolute Gasteiger partial charge is 0.376 e. The van der Waals surface area contributed by atoms with Crippen molar-refractivity contribution < 1.29 is 9.53 Å². The maximum atomic E-state index is 11.6. The van der Waals surface area contributed by atoms with Crippen LogP contribution in [0.25, 0.3) is 0 Å². The zero-order valence-electron chi connectivity index (χ0n) is 11.2. The van der Waals surface area contributed by atoms with Crippen LogP contribution in [0.1, 0.15) is 57.8 Å². The molecule has 0 aromatic carbocycles. The van der Waals surface area contributed by atoms with Crippen molar-refractivity contribution in [2.24, 2.45) is 0 Å². The zero-order chi connectivity index (χ0) is 12.6. The van der Waals surface area contributed by atoms with Crippen LogP contribution < -0.4 is 10.6 Å². The fraction of sp³-hybridized carbons (Fsp3) is 0.929. The molecule has 104 valence electrons. The number of carbonyl (C=O) groups excluding carboxylic acids is 1. The van der Waals surface area contributed by atoms with Gasteiger partial charge in [0, 0.05) is 12.6 Å². The van der Waals surface area contributed by atoms with Crippen LogP contribution in [0.3, 0.4) is 0 Å². The minimum absolute atomic E-state index is 0.0306. The van der Waals surface area contributed by atoms with E-state index in [0.29, 0.717) is 25.3 Å². The summed E-state index contributed by atoms with van der Waals surface area (Å²) in [6, 6.07) is 0.353. The highest BCUT2D eigenvalue weighted by molar-refractivity contribution is 5.74. The molecule has 2 aliphatic carbocycles. The van der Waals surface area contributed by atoms with E-state index < -0.39 is 0 Å². The van der Waals surface area contributed by atoms with Gasteiger partial charge in [-0.3, -0.25) is 0 Å². The third-order valence-electron chi connectivity index (χ3n) is 3.98. The summed E-state index contributed by atoms with van der Waals surface area (Å²) in [4.78, 5) is 11.6. The van der Waals surface area contributed by atoms with Gasteiger partial charge in [-0.1, -0.05) is 32.1 Å². The van der Waals surface area contributed by atoms with Crippen LogP contribution >= 0.6 is 0 Å². The quantitative estimate of drug-likeness (QED) is 0.741. The van der Waals surface area contributed by atoms with E-state index in [1.54, 1.807) is 0 Å². The minimum atomic E-state index is -0.0306. The molecular formula is C14H26N2O2. The molecule has 2 N–H and O–H groups in total. The van der Waals surface area contributed by atoms with Crippen LogP contribution in [0, 0.1) is 0 Å².